The van der Waals surface area contributed by atoms with Gasteiger partial charge in [0, 0.05) is 18.1 Å². The van der Waals surface area contributed by atoms with Crippen LogP contribution < -0.4 is 14.8 Å². The summed E-state index contributed by atoms with van der Waals surface area (Å²) in [5.74, 6) is -0.170. The summed E-state index contributed by atoms with van der Waals surface area (Å²) in [6, 6.07) is 14.0. The lowest BCUT2D eigenvalue weighted by atomic mass is 10.0. The summed E-state index contributed by atoms with van der Waals surface area (Å²) in [7, 11) is -2.39. The summed E-state index contributed by atoms with van der Waals surface area (Å²) in [5.41, 5.74) is 1.32. The van der Waals surface area contributed by atoms with Gasteiger partial charge in [0.1, 0.15) is 11.8 Å². The summed E-state index contributed by atoms with van der Waals surface area (Å²) in [6.07, 6.45) is 3.45. The number of ether oxygens (including phenoxy) is 1. The average molecular weight is 429 g/mol. The van der Waals surface area contributed by atoms with Crippen LogP contribution in [0.1, 0.15) is 13.8 Å². The van der Waals surface area contributed by atoms with E-state index in [9.17, 15) is 13.2 Å². The largest absolute Gasteiger partial charge is 0.497 e. The first-order valence-corrected chi connectivity index (χ1v) is 10.9. The zero-order valence-electron chi connectivity index (χ0n) is 16.9. The Balaban J connectivity index is 1.77. The van der Waals surface area contributed by atoms with Crippen LogP contribution in [0.5, 0.6) is 5.75 Å². The van der Waals surface area contributed by atoms with Crippen molar-refractivity contribution in [2.75, 3.05) is 12.4 Å². The molecule has 0 aliphatic rings. The van der Waals surface area contributed by atoms with Crippen molar-refractivity contribution in [1.82, 2.24) is 14.5 Å². The minimum Gasteiger partial charge on any atom is -0.497 e. The van der Waals surface area contributed by atoms with Crippen molar-refractivity contribution in [1.29, 1.82) is 0 Å². The Morgan fingerprint density at radius 1 is 1.10 bits per heavy atom. The van der Waals surface area contributed by atoms with Gasteiger partial charge in [0.2, 0.25) is 15.9 Å². The molecule has 1 amide bonds. The number of anilines is 1. The molecule has 3 rings (SSSR count). The fraction of sp³-hybridized carbons (Fsp3) is 0.238. The number of nitrogens with zero attached hydrogens (tertiary/aromatic N) is 2. The Morgan fingerprint density at radius 2 is 1.83 bits per heavy atom. The van der Waals surface area contributed by atoms with Crippen molar-refractivity contribution in [3.05, 3.63) is 67.0 Å². The second-order valence-corrected chi connectivity index (χ2v) is 8.72. The van der Waals surface area contributed by atoms with E-state index in [1.165, 1.54) is 19.2 Å². The lowest BCUT2D eigenvalue weighted by Gasteiger charge is -2.22. The Kier molecular flexibility index (Phi) is 6.53. The normalized spacial score (nSPS) is 12.5. The van der Waals surface area contributed by atoms with Crippen LogP contribution in [0.4, 0.5) is 5.69 Å². The molecule has 1 aromatic heterocycles. The summed E-state index contributed by atoms with van der Waals surface area (Å²) < 4.78 is 34.8. The van der Waals surface area contributed by atoms with E-state index < -0.39 is 22.0 Å². The maximum atomic E-state index is 12.9. The highest BCUT2D eigenvalue weighted by Gasteiger charge is 2.28. The van der Waals surface area contributed by atoms with Crippen LogP contribution >= 0.6 is 0 Å². The average Bonchev–Trinajstić information content (AvgIpc) is 3.27. The zero-order chi connectivity index (χ0) is 21.7. The minimum atomic E-state index is -3.89. The van der Waals surface area contributed by atoms with Gasteiger partial charge in [-0.2, -0.15) is 9.82 Å². The Hall–Kier alpha value is -3.17. The second-order valence-electron chi connectivity index (χ2n) is 7.01. The molecule has 1 atom stereocenters. The molecule has 2 aromatic carbocycles. The summed E-state index contributed by atoms with van der Waals surface area (Å²) >= 11 is 0. The van der Waals surface area contributed by atoms with Crippen LogP contribution in [0.2, 0.25) is 0 Å². The first kappa shape index (κ1) is 21.5. The Morgan fingerprint density at radius 3 is 2.43 bits per heavy atom. The van der Waals surface area contributed by atoms with Gasteiger partial charge < -0.3 is 10.1 Å². The molecular weight excluding hydrogens is 404 g/mol. The van der Waals surface area contributed by atoms with Gasteiger partial charge >= 0.3 is 0 Å². The van der Waals surface area contributed by atoms with Crippen LogP contribution in [0.25, 0.3) is 5.69 Å². The van der Waals surface area contributed by atoms with Crippen molar-refractivity contribution >= 4 is 21.6 Å². The molecule has 0 aliphatic heterocycles. The van der Waals surface area contributed by atoms with E-state index in [1.807, 2.05) is 6.07 Å². The molecule has 0 unspecified atom stereocenters. The van der Waals surface area contributed by atoms with E-state index in [0.29, 0.717) is 11.4 Å². The van der Waals surface area contributed by atoms with Gasteiger partial charge in [0.05, 0.1) is 17.7 Å². The van der Waals surface area contributed by atoms with Gasteiger partial charge in [-0.25, -0.2) is 13.1 Å². The topological polar surface area (TPSA) is 102 Å². The van der Waals surface area contributed by atoms with Gasteiger partial charge in [0.25, 0.3) is 0 Å². The van der Waals surface area contributed by atoms with Crippen molar-refractivity contribution in [2.45, 2.75) is 24.8 Å². The standard InChI is InChI=1S/C21H24N4O4S/c1-15(2)20(24-30(27,28)19-10-8-18(29-3)9-11-19)21(26)23-16-6-4-7-17(14-16)25-13-5-12-22-25/h4-15,20,24H,1-3H3,(H,23,26)/t20-/m0/s1. The van der Waals surface area contributed by atoms with E-state index in [4.69, 9.17) is 4.74 Å². The monoisotopic (exact) mass is 428 g/mol. The molecule has 0 aliphatic carbocycles. The Bertz CT molecular complexity index is 1090. The third-order valence-corrected chi connectivity index (χ3v) is 5.94. The van der Waals surface area contributed by atoms with Gasteiger partial charge in [0.15, 0.2) is 0 Å². The number of carbonyl (C=O) groups is 1. The molecule has 9 heteroatoms. The predicted molar refractivity (Wildman–Crippen MR) is 114 cm³/mol. The fourth-order valence-corrected chi connectivity index (χ4v) is 4.19. The summed E-state index contributed by atoms with van der Waals surface area (Å²) in [4.78, 5) is 12.9. The number of sulfonamides is 1. The van der Waals surface area contributed by atoms with E-state index in [-0.39, 0.29) is 10.8 Å². The zero-order valence-corrected chi connectivity index (χ0v) is 17.8. The molecule has 0 radical (unpaired) electrons. The molecule has 0 saturated heterocycles. The molecular formula is C21H24N4O4S. The number of nitrogens with one attached hydrogen (secondary N) is 2. The van der Waals surface area contributed by atoms with Crippen LogP contribution in [0.3, 0.4) is 0 Å². The van der Waals surface area contributed by atoms with Crippen molar-refractivity contribution in [2.24, 2.45) is 5.92 Å². The van der Waals surface area contributed by atoms with Gasteiger partial charge in [-0.15, -0.1) is 0 Å². The number of methoxy groups -OCH3 is 1. The molecule has 0 fully saturated rings. The number of benzene rings is 2. The smallest absolute Gasteiger partial charge is 0.242 e. The molecule has 0 spiro atoms. The first-order valence-electron chi connectivity index (χ1n) is 9.37. The number of rotatable bonds is 8. The van der Waals surface area contributed by atoms with Crippen molar-refractivity contribution < 1.29 is 17.9 Å². The third kappa shape index (κ3) is 5.05. The molecule has 1 heterocycles. The van der Waals surface area contributed by atoms with Crippen LogP contribution in [0.15, 0.2) is 71.9 Å². The van der Waals surface area contributed by atoms with Crippen molar-refractivity contribution in [3.8, 4) is 11.4 Å². The van der Waals surface area contributed by atoms with Crippen LogP contribution in [-0.4, -0.2) is 37.3 Å². The van der Waals surface area contributed by atoms with E-state index in [2.05, 4.69) is 15.1 Å². The van der Waals surface area contributed by atoms with Gasteiger partial charge in [-0.1, -0.05) is 19.9 Å². The fourth-order valence-electron chi connectivity index (χ4n) is 2.85. The second kappa shape index (κ2) is 9.10. The van der Waals surface area contributed by atoms with E-state index in [1.54, 1.807) is 67.3 Å². The number of hydrogen-bond donors (Lipinski definition) is 2. The van der Waals surface area contributed by atoms with Crippen LogP contribution in [0, 0.1) is 5.92 Å². The molecule has 30 heavy (non-hydrogen) atoms. The highest BCUT2D eigenvalue weighted by molar-refractivity contribution is 7.89. The molecule has 3 aromatic rings. The van der Waals surface area contributed by atoms with Gasteiger partial charge in [-0.05, 0) is 54.4 Å². The first-order chi connectivity index (χ1) is 14.3. The molecule has 0 bridgehead atoms. The van der Waals surface area contributed by atoms with E-state index in [0.717, 1.165) is 5.69 Å². The molecule has 2 N–H and O–H groups in total. The van der Waals surface area contributed by atoms with Gasteiger partial charge in [-0.3, -0.25) is 4.79 Å². The van der Waals surface area contributed by atoms with E-state index >= 15 is 0 Å². The number of hydrogen-bond acceptors (Lipinski definition) is 5. The number of amides is 1. The minimum absolute atomic E-state index is 0.0578. The third-order valence-electron chi connectivity index (χ3n) is 4.48. The molecule has 8 nitrogen and oxygen atoms in total. The maximum absolute atomic E-state index is 12.9. The SMILES string of the molecule is COc1ccc(S(=O)(=O)N[C@H](C(=O)Nc2cccc(-n3cccn3)c2)C(C)C)cc1. The molecule has 158 valence electrons. The lowest BCUT2D eigenvalue weighted by molar-refractivity contribution is -0.118. The Labute approximate surface area is 175 Å². The highest BCUT2D eigenvalue weighted by Crippen LogP contribution is 2.18. The molecule has 0 saturated carbocycles. The quantitative estimate of drug-likeness (QED) is 0.574. The number of aromatic nitrogens is 2. The maximum Gasteiger partial charge on any atom is 0.242 e. The van der Waals surface area contributed by atoms with Crippen LogP contribution in [-0.2, 0) is 14.8 Å². The van der Waals surface area contributed by atoms with Crippen molar-refractivity contribution in [3.63, 3.8) is 0 Å². The highest BCUT2D eigenvalue weighted by atomic mass is 32.2. The predicted octanol–water partition coefficient (Wildman–Crippen LogP) is 2.82. The lowest BCUT2D eigenvalue weighted by Crippen LogP contribution is -2.47. The summed E-state index contributed by atoms with van der Waals surface area (Å²) in [6.45, 7) is 3.56. The summed E-state index contributed by atoms with van der Waals surface area (Å²) in [5, 5.41) is 6.96. The number of carbonyl (C=O) groups excluding carboxylic acids is 1.